The van der Waals surface area contributed by atoms with Crippen LogP contribution in [0.15, 0.2) is 24.3 Å². The van der Waals surface area contributed by atoms with Crippen LogP contribution in [0.3, 0.4) is 0 Å². The van der Waals surface area contributed by atoms with Crippen molar-refractivity contribution in [2.24, 2.45) is 0 Å². The zero-order valence-electron chi connectivity index (χ0n) is 10.0. The van der Waals surface area contributed by atoms with Crippen LogP contribution in [0.4, 0.5) is 5.69 Å². The molecule has 1 aliphatic heterocycles. The topological polar surface area (TPSA) is 32.5 Å². The summed E-state index contributed by atoms with van der Waals surface area (Å²) in [6.07, 6.45) is 1.27. The lowest BCUT2D eigenvalue weighted by Crippen LogP contribution is -2.28. The summed E-state index contributed by atoms with van der Waals surface area (Å²) in [6, 6.07) is 8.23. The van der Waals surface area contributed by atoms with Crippen LogP contribution in [0, 0.1) is 0 Å². The van der Waals surface area contributed by atoms with Gasteiger partial charge < -0.3 is 10.6 Å². The molecule has 2 N–H and O–H groups in total. The van der Waals surface area contributed by atoms with E-state index in [0.717, 1.165) is 12.2 Å². The molecule has 1 heterocycles. The van der Waals surface area contributed by atoms with E-state index in [0.29, 0.717) is 0 Å². The van der Waals surface area contributed by atoms with Gasteiger partial charge in [0.15, 0.2) is 0 Å². The van der Waals surface area contributed by atoms with E-state index >= 15 is 0 Å². The number of likely N-dealkylation sites (N-methyl/N-ethyl adjacent to an activating group) is 1. The van der Waals surface area contributed by atoms with E-state index < -0.39 is 0 Å². The Morgan fingerprint density at radius 2 is 1.81 bits per heavy atom. The fraction of sp³-hybridized carbons (Fsp3) is 0.538. The van der Waals surface area contributed by atoms with Crippen molar-refractivity contribution in [3.8, 4) is 0 Å². The van der Waals surface area contributed by atoms with Gasteiger partial charge in [0.05, 0.1) is 0 Å². The maximum absolute atomic E-state index is 5.68. The van der Waals surface area contributed by atoms with Gasteiger partial charge in [0.2, 0.25) is 0 Å². The Bertz CT molecular complexity index is 320. The Labute approximate surface area is 97.8 Å². The molecule has 16 heavy (non-hydrogen) atoms. The fourth-order valence-corrected chi connectivity index (χ4v) is 2.14. The lowest BCUT2D eigenvalue weighted by atomic mass is 10.2. The van der Waals surface area contributed by atoms with Crippen molar-refractivity contribution >= 4 is 5.69 Å². The summed E-state index contributed by atoms with van der Waals surface area (Å²) in [5.74, 6) is 0. The Morgan fingerprint density at radius 3 is 2.56 bits per heavy atom. The summed E-state index contributed by atoms with van der Waals surface area (Å²) in [5, 5.41) is 0. The van der Waals surface area contributed by atoms with Crippen LogP contribution in [0.2, 0.25) is 0 Å². The number of nitrogens with zero attached hydrogens (tertiary/aromatic N) is 2. The van der Waals surface area contributed by atoms with Crippen molar-refractivity contribution in [2.75, 3.05) is 39.0 Å². The Balaban J connectivity index is 1.91. The van der Waals surface area contributed by atoms with Crippen molar-refractivity contribution in [1.29, 1.82) is 0 Å². The van der Waals surface area contributed by atoms with Gasteiger partial charge in [-0.15, -0.1) is 0 Å². The van der Waals surface area contributed by atoms with E-state index in [1.807, 2.05) is 12.1 Å². The van der Waals surface area contributed by atoms with Crippen LogP contribution in [0.25, 0.3) is 0 Å². The normalized spacial score (nSPS) is 19.6. The van der Waals surface area contributed by atoms with E-state index in [1.165, 1.54) is 38.2 Å². The van der Waals surface area contributed by atoms with Gasteiger partial charge in [-0.25, -0.2) is 0 Å². The van der Waals surface area contributed by atoms with Gasteiger partial charge in [-0.2, -0.15) is 0 Å². The highest BCUT2D eigenvalue weighted by atomic mass is 15.2. The molecule has 1 aliphatic rings. The number of benzene rings is 1. The quantitative estimate of drug-likeness (QED) is 0.763. The molecule has 88 valence electrons. The molecule has 2 rings (SSSR count). The SMILES string of the molecule is CN1CCCN(Cc2ccc(N)cc2)CC1. The number of nitrogen functional groups attached to an aromatic ring is 1. The molecular weight excluding hydrogens is 198 g/mol. The summed E-state index contributed by atoms with van der Waals surface area (Å²) in [6.45, 7) is 5.82. The van der Waals surface area contributed by atoms with Crippen LogP contribution in [-0.2, 0) is 6.54 Å². The third-order valence-electron chi connectivity index (χ3n) is 3.20. The van der Waals surface area contributed by atoms with E-state index in [4.69, 9.17) is 5.73 Å². The standard InChI is InChI=1S/C13H21N3/c1-15-7-2-8-16(10-9-15)11-12-3-5-13(14)6-4-12/h3-6H,2,7-11,14H2,1H3. The van der Waals surface area contributed by atoms with Crippen LogP contribution >= 0.6 is 0 Å². The van der Waals surface area contributed by atoms with Crippen molar-refractivity contribution in [3.05, 3.63) is 29.8 Å². The van der Waals surface area contributed by atoms with E-state index in [1.54, 1.807) is 0 Å². The minimum Gasteiger partial charge on any atom is -0.399 e. The van der Waals surface area contributed by atoms with Gasteiger partial charge in [0, 0.05) is 25.3 Å². The van der Waals surface area contributed by atoms with E-state index in [9.17, 15) is 0 Å². The third kappa shape index (κ3) is 3.22. The van der Waals surface area contributed by atoms with Crippen molar-refractivity contribution in [3.63, 3.8) is 0 Å². The van der Waals surface area contributed by atoms with Crippen LogP contribution in [0.5, 0.6) is 0 Å². The number of anilines is 1. The lowest BCUT2D eigenvalue weighted by Gasteiger charge is -2.20. The van der Waals surface area contributed by atoms with Gasteiger partial charge in [-0.3, -0.25) is 4.90 Å². The predicted octanol–water partition coefficient (Wildman–Crippen LogP) is 1.41. The minimum absolute atomic E-state index is 0.847. The lowest BCUT2D eigenvalue weighted by molar-refractivity contribution is 0.269. The molecule has 0 bridgehead atoms. The zero-order chi connectivity index (χ0) is 11.4. The second-order valence-corrected chi connectivity index (χ2v) is 4.67. The van der Waals surface area contributed by atoms with Crippen molar-refractivity contribution < 1.29 is 0 Å². The molecule has 0 spiro atoms. The molecule has 0 aromatic heterocycles. The van der Waals surface area contributed by atoms with E-state index in [2.05, 4.69) is 29.0 Å². The average molecular weight is 219 g/mol. The molecule has 0 atom stereocenters. The first-order valence-corrected chi connectivity index (χ1v) is 5.99. The monoisotopic (exact) mass is 219 g/mol. The summed E-state index contributed by atoms with van der Waals surface area (Å²) in [5.41, 5.74) is 7.89. The predicted molar refractivity (Wildman–Crippen MR) is 68.2 cm³/mol. The number of rotatable bonds is 2. The third-order valence-corrected chi connectivity index (χ3v) is 3.20. The first-order chi connectivity index (χ1) is 7.74. The molecule has 1 aromatic carbocycles. The summed E-state index contributed by atoms with van der Waals surface area (Å²) in [7, 11) is 2.20. The molecule has 3 heteroatoms. The molecule has 0 aliphatic carbocycles. The molecule has 3 nitrogen and oxygen atoms in total. The molecule has 1 fully saturated rings. The van der Waals surface area contributed by atoms with Gasteiger partial charge in [0.25, 0.3) is 0 Å². The Morgan fingerprint density at radius 1 is 1.06 bits per heavy atom. The molecule has 1 aromatic rings. The smallest absolute Gasteiger partial charge is 0.0314 e. The fourth-order valence-electron chi connectivity index (χ4n) is 2.14. The Kier molecular flexibility index (Phi) is 3.80. The van der Waals surface area contributed by atoms with Gasteiger partial charge in [-0.1, -0.05) is 12.1 Å². The highest BCUT2D eigenvalue weighted by Crippen LogP contribution is 2.10. The van der Waals surface area contributed by atoms with Crippen molar-refractivity contribution in [2.45, 2.75) is 13.0 Å². The van der Waals surface area contributed by atoms with Crippen LogP contribution < -0.4 is 5.73 Å². The van der Waals surface area contributed by atoms with Gasteiger partial charge in [-0.05, 0) is 44.3 Å². The summed E-state index contributed by atoms with van der Waals surface area (Å²) in [4.78, 5) is 4.93. The molecule has 0 radical (unpaired) electrons. The zero-order valence-corrected chi connectivity index (χ0v) is 10.0. The van der Waals surface area contributed by atoms with Crippen LogP contribution in [-0.4, -0.2) is 43.0 Å². The molecule has 0 saturated carbocycles. The molecular formula is C13H21N3. The minimum atomic E-state index is 0.847. The van der Waals surface area contributed by atoms with E-state index in [-0.39, 0.29) is 0 Å². The maximum Gasteiger partial charge on any atom is 0.0314 e. The second-order valence-electron chi connectivity index (χ2n) is 4.67. The first kappa shape index (κ1) is 11.4. The van der Waals surface area contributed by atoms with Crippen molar-refractivity contribution in [1.82, 2.24) is 9.80 Å². The average Bonchev–Trinajstić information content (AvgIpc) is 2.47. The highest BCUT2D eigenvalue weighted by molar-refractivity contribution is 5.39. The van der Waals surface area contributed by atoms with Gasteiger partial charge in [0.1, 0.15) is 0 Å². The number of hydrogen-bond donors (Lipinski definition) is 1. The first-order valence-electron chi connectivity index (χ1n) is 5.99. The highest BCUT2D eigenvalue weighted by Gasteiger charge is 2.11. The summed E-state index contributed by atoms with van der Waals surface area (Å²) < 4.78 is 0. The number of hydrogen-bond acceptors (Lipinski definition) is 3. The largest absolute Gasteiger partial charge is 0.399 e. The summed E-state index contributed by atoms with van der Waals surface area (Å²) >= 11 is 0. The van der Waals surface area contributed by atoms with Gasteiger partial charge >= 0.3 is 0 Å². The second kappa shape index (κ2) is 5.32. The van der Waals surface area contributed by atoms with Crippen LogP contribution in [0.1, 0.15) is 12.0 Å². The maximum atomic E-state index is 5.68. The molecule has 0 unspecified atom stereocenters. The Hall–Kier alpha value is -1.06. The number of nitrogens with two attached hydrogens (primary N) is 1. The molecule has 1 saturated heterocycles. The molecule has 0 amide bonds.